The minimum Gasteiger partial charge on any atom is -0.504 e. The fraction of sp³-hybridized carbons (Fsp3) is 0.0526. The van der Waals surface area contributed by atoms with E-state index in [-0.39, 0.29) is 29.0 Å². The Balaban J connectivity index is 1.97. The normalized spacial score (nSPS) is 10.9. The number of nitrogens with zero attached hydrogens (tertiary/aromatic N) is 4. The second kappa shape index (κ2) is 7.84. The Morgan fingerprint density at radius 2 is 1.96 bits per heavy atom. The van der Waals surface area contributed by atoms with Crippen molar-refractivity contribution in [3.05, 3.63) is 59.9 Å². The summed E-state index contributed by atoms with van der Waals surface area (Å²) in [6.07, 6.45) is 1.57. The maximum atomic E-state index is 9.69. The van der Waals surface area contributed by atoms with Crippen LogP contribution < -0.4 is 15.8 Å². The molecule has 2 aromatic carbocycles. The number of methoxy groups -OCH3 is 1. The van der Waals surface area contributed by atoms with Gasteiger partial charge in [0.2, 0.25) is 11.9 Å². The predicted molar refractivity (Wildman–Crippen MR) is 102 cm³/mol. The number of aromatic hydroxyl groups is 1. The van der Waals surface area contributed by atoms with Crippen molar-refractivity contribution >= 4 is 29.2 Å². The number of aromatic nitrogens is 3. The summed E-state index contributed by atoms with van der Waals surface area (Å²) in [4.78, 5) is 12.4. The molecule has 0 saturated heterocycles. The Hall–Kier alpha value is -4.12. The van der Waals surface area contributed by atoms with Gasteiger partial charge in [-0.1, -0.05) is 24.3 Å². The van der Waals surface area contributed by atoms with E-state index in [1.807, 2.05) is 30.3 Å². The van der Waals surface area contributed by atoms with Crippen molar-refractivity contribution in [1.82, 2.24) is 15.0 Å². The number of allylic oxidation sites excluding steroid dienone is 1. The summed E-state index contributed by atoms with van der Waals surface area (Å²) >= 11 is 0. The first-order valence-electron chi connectivity index (χ1n) is 7.92. The van der Waals surface area contributed by atoms with Crippen LogP contribution in [0.15, 0.2) is 48.5 Å². The highest BCUT2D eigenvalue weighted by molar-refractivity contribution is 5.87. The molecule has 0 aliphatic carbocycles. The monoisotopic (exact) mass is 360 g/mol. The summed E-state index contributed by atoms with van der Waals surface area (Å²) in [6.45, 7) is 0. The van der Waals surface area contributed by atoms with Crippen LogP contribution in [0.5, 0.6) is 11.5 Å². The van der Waals surface area contributed by atoms with Gasteiger partial charge in [-0.3, -0.25) is 0 Å². The van der Waals surface area contributed by atoms with E-state index in [1.165, 1.54) is 13.2 Å². The van der Waals surface area contributed by atoms with Gasteiger partial charge < -0.3 is 20.9 Å². The lowest BCUT2D eigenvalue weighted by Gasteiger charge is -2.07. The highest BCUT2D eigenvalue weighted by Gasteiger charge is 2.11. The van der Waals surface area contributed by atoms with Crippen LogP contribution in [0.25, 0.3) is 11.6 Å². The molecule has 0 bridgehead atoms. The number of para-hydroxylation sites is 1. The van der Waals surface area contributed by atoms with Gasteiger partial charge in [-0.15, -0.1) is 0 Å². The summed E-state index contributed by atoms with van der Waals surface area (Å²) in [6, 6.07) is 16.1. The number of nitrogen functional groups attached to an aromatic ring is 1. The van der Waals surface area contributed by atoms with Gasteiger partial charge in [0.15, 0.2) is 17.3 Å². The van der Waals surface area contributed by atoms with Gasteiger partial charge in [0.05, 0.1) is 12.7 Å². The number of nitrogens with two attached hydrogens (primary N) is 1. The van der Waals surface area contributed by atoms with Crippen LogP contribution in [-0.2, 0) is 0 Å². The van der Waals surface area contributed by atoms with Gasteiger partial charge in [0.25, 0.3) is 0 Å². The molecule has 0 fully saturated rings. The number of hydrogen-bond acceptors (Lipinski definition) is 8. The minimum absolute atomic E-state index is 0.00640. The third-order valence-electron chi connectivity index (χ3n) is 3.56. The number of nitrogens with one attached hydrogen (secondary N) is 1. The zero-order valence-corrected chi connectivity index (χ0v) is 14.4. The van der Waals surface area contributed by atoms with Crippen molar-refractivity contribution in [2.24, 2.45) is 0 Å². The third kappa shape index (κ3) is 4.29. The molecule has 0 aliphatic rings. The van der Waals surface area contributed by atoms with Crippen molar-refractivity contribution in [2.45, 2.75) is 0 Å². The summed E-state index contributed by atoms with van der Waals surface area (Å²) in [5, 5.41) is 22.2. The molecule has 1 aromatic heterocycles. The Bertz CT molecular complexity index is 1030. The largest absolute Gasteiger partial charge is 0.504 e. The summed E-state index contributed by atoms with van der Waals surface area (Å²) < 4.78 is 5.08. The average Bonchev–Trinajstić information content (AvgIpc) is 2.67. The molecule has 134 valence electrons. The van der Waals surface area contributed by atoms with E-state index in [0.29, 0.717) is 11.3 Å². The van der Waals surface area contributed by atoms with Crippen molar-refractivity contribution in [3.63, 3.8) is 0 Å². The third-order valence-corrected chi connectivity index (χ3v) is 3.56. The van der Waals surface area contributed by atoms with Crippen molar-refractivity contribution in [3.8, 4) is 17.6 Å². The van der Waals surface area contributed by atoms with E-state index in [4.69, 9.17) is 10.5 Å². The predicted octanol–water partition coefficient (Wildman–Crippen LogP) is 2.98. The van der Waals surface area contributed by atoms with E-state index >= 15 is 0 Å². The highest BCUT2D eigenvalue weighted by Crippen LogP contribution is 2.28. The number of rotatable bonds is 5. The molecule has 4 N–H and O–H groups in total. The minimum atomic E-state index is -0.0112. The van der Waals surface area contributed by atoms with Crippen molar-refractivity contribution < 1.29 is 9.84 Å². The van der Waals surface area contributed by atoms with E-state index in [9.17, 15) is 10.4 Å². The van der Waals surface area contributed by atoms with Gasteiger partial charge in [0, 0.05) is 5.69 Å². The summed E-state index contributed by atoms with van der Waals surface area (Å²) in [5.41, 5.74) is 7.37. The fourth-order valence-corrected chi connectivity index (χ4v) is 2.32. The second-order valence-corrected chi connectivity index (χ2v) is 5.43. The molecule has 1 heterocycles. The van der Waals surface area contributed by atoms with E-state index in [2.05, 4.69) is 26.3 Å². The SMILES string of the molecule is COc1cc(/C=C(\C#N)c2nc(N)nc(Nc3ccccc3)n2)ccc1O. The lowest BCUT2D eigenvalue weighted by atomic mass is 10.1. The van der Waals surface area contributed by atoms with Crippen molar-refractivity contribution in [1.29, 1.82) is 5.26 Å². The molecule has 0 atom stereocenters. The van der Waals surface area contributed by atoms with Crippen LogP contribution in [0.4, 0.5) is 17.6 Å². The van der Waals surface area contributed by atoms with E-state index < -0.39 is 0 Å². The van der Waals surface area contributed by atoms with Crippen LogP contribution in [0.2, 0.25) is 0 Å². The number of ether oxygens (including phenoxy) is 1. The van der Waals surface area contributed by atoms with Crippen molar-refractivity contribution in [2.75, 3.05) is 18.2 Å². The maximum absolute atomic E-state index is 9.69. The number of hydrogen-bond donors (Lipinski definition) is 3. The molecule has 0 aliphatic heterocycles. The smallest absolute Gasteiger partial charge is 0.232 e. The number of benzene rings is 2. The molecule has 0 amide bonds. The molecule has 3 rings (SSSR count). The highest BCUT2D eigenvalue weighted by atomic mass is 16.5. The molecular formula is C19H16N6O2. The molecule has 0 saturated carbocycles. The van der Waals surface area contributed by atoms with Gasteiger partial charge in [-0.2, -0.15) is 20.2 Å². The Morgan fingerprint density at radius 3 is 2.67 bits per heavy atom. The van der Waals surface area contributed by atoms with Gasteiger partial charge in [0.1, 0.15) is 6.07 Å². The standard InChI is InChI=1S/C19H16N6O2/c1-27-16-10-12(7-8-15(16)26)9-13(11-20)17-23-18(21)25-19(24-17)22-14-5-3-2-4-6-14/h2-10,26H,1H3,(H3,21,22,23,24,25)/b13-9+. The molecule has 0 radical (unpaired) electrons. The van der Waals surface area contributed by atoms with Gasteiger partial charge >= 0.3 is 0 Å². The zero-order chi connectivity index (χ0) is 19.2. The first kappa shape index (κ1) is 17.7. The molecule has 3 aromatic rings. The van der Waals surface area contributed by atoms with Crippen LogP contribution >= 0.6 is 0 Å². The van der Waals surface area contributed by atoms with E-state index in [1.54, 1.807) is 18.2 Å². The number of nitriles is 1. The molecular weight excluding hydrogens is 344 g/mol. The Kier molecular flexibility index (Phi) is 5.14. The fourth-order valence-electron chi connectivity index (χ4n) is 2.32. The van der Waals surface area contributed by atoms with E-state index in [0.717, 1.165) is 5.69 Å². The lowest BCUT2D eigenvalue weighted by molar-refractivity contribution is 0.373. The molecule has 8 heteroatoms. The number of phenols is 1. The maximum Gasteiger partial charge on any atom is 0.232 e. The van der Waals surface area contributed by atoms with Gasteiger partial charge in [-0.25, -0.2) is 0 Å². The average molecular weight is 360 g/mol. The molecule has 0 spiro atoms. The zero-order valence-electron chi connectivity index (χ0n) is 14.4. The molecule has 8 nitrogen and oxygen atoms in total. The van der Waals surface area contributed by atoms with Crippen LogP contribution in [0.3, 0.4) is 0 Å². The summed E-state index contributed by atoms with van der Waals surface area (Å²) in [5.74, 6) is 0.654. The van der Waals surface area contributed by atoms with Crippen LogP contribution in [-0.4, -0.2) is 27.2 Å². The number of anilines is 3. The Morgan fingerprint density at radius 1 is 1.19 bits per heavy atom. The van der Waals surface area contributed by atoms with Gasteiger partial charge in [-0.05, 0) is 35.9 Å². The van der Waals surface area contributed by atoms with Crippen LogP contribution in [0.1, 0.15) is 11.4 Å². The second-order valence-electron chi connectivity index (χ2n) is 5.43. The summed E-state index contributed by atoms with van der Waals surface area (Å²) in [7, 11) is 1.45. The first-order chi connectivity index (χ1) is 13.1. The van der Waals surface area contributed by atoms with Crippen LogP contribution in [0, 0.1) is 11.3 Å². The lowest BCUT2D eigenvalue weighted by Crippen LogP contribution is -2.06. The first-order valence-corrected chi connectivity index (χ1v) is 7.92. The topological polar surface area (TPSA) is 130 Å². The number of phenolic OH excluding ortho intramolecular Hbond substituents is 1. The molecule has 27 heavy (non-hydrogen) atoms. The molecule has 0 unspecified atom stereocenters. The quantitative estimate of drug-likeness (QED) is 0.592. The Labute approximate surface area is 155 Å².